The van der Waals surface area contributed by atoms with Gasteiger partial charge in [0, 0.05) is 35.1 Å². The standard InChI is InChI=1S/C34H25N3O6/c1-43-24-12-7-10-22(19-24)31(39)29-28(30(38)21-9-6-11-23(18-21)37(41)42)34(26-14-4-5-15-27(26)35-33(34)40)32-25-13-3-2-8-20(25)16-17-36(29)32/h2-19,28-29,32H,1H3,(H,35,40)/t28-,29-,32+,34-/m0/s1. The lowest BCUT2D eigenvalue weighted by atomic mass is 9.62. The number of hydrogen-bond donors (Lipinski definition) is 1. The number of amides is 1. The summed E-state index contributed by atoms with van der Waals surface area (Å²) in [6.07, 6.45) is 3.66. The molecule has 4 atom stereocenters. The number of hydrogen-bond acceptors (Lipinski definition) is 7. The van der Waals surface area contributed by atoms with Crippen molar-refractivity contribution in [1.82, 2.24) is 4.90 Å². The monoisotopic (exact) mass is 571 g/mol. The van der Waals surface area contributed by atoms with E-state index in [-0.39, 0.29) is 17.0 Å². The molecule has 3 heterocycles. The number of rotatable bonds is 6. The van der Waals surface area contributed by atoms with Crippen LogP contribution >= 0.6 is 0 Å². The lowest BCUT2D eigenvalue weighted by molar-refractivity contribution is -0.384. The van der Waals surface area contributed by atoms with Crippen LogP contribution < -0.4 is 10.1 Å². The van der Waals surface area contributed by atoms with Gasteiger partial charge in [-0.1, -0.05) is 66.7 Å². The van der Waals surface area contributed by atoms with E-state index in [0.29, 0.717) is 22.6 Å². The van der Waals surface area contributed by atoms with E-state index in [4.69, 9.17) is 4.74 Å². The van der Waals surface area contributed by atoms with Crippen LogP contribution in [0.2, 0.25) is 0 Å². The van der Waals surface area contributed by atoms with E-state index >= 15 is 0 Å². The van der Waals surface area contributed by atoms with Crippen LogP contribution in [-0.4, -0.2) is 40.4 Å². The minimum Gasteiger partial charge on any atom is -0.497 e. The third-order valence-corrected chi connectivity index (χ3v) is 8.82. The second-order valence-electron chi connectivity index (χ2n) is 10.9. The molecule has 0 radical (unpaired) electrons. The predicted molar refractivity (Wildman–Crippen MR) is 159 cm³/mol. The second-order valence-corrected chi connectivity index (χ2v) is 10.9. The number of para-hydroxylation sites is 1. The van der Waals surface area contributed by atoms with Crippen LogP contribution in [0.4, 0.5) is 11.4 Å². The molecular weight excluding hydrogens is 546 g/mol. The van der Waals surface area contributed by atoms with Crippen molar-refractivity contribution in [2.24, 2.45) is 5.92 Å². The summed E-state index contributed by atoms with van der Waals surface area (Å²) in [4.78, 5) is 56.9. The molecule has 0 aliphatic carbocycles. The van der Waals surface area contributed by atoms with Gasteiger partial charge < -0.3 is 15.0 Å². The molecule has 1 saturated heterocycles. The van der Waals surface area contributed by atoms with Crippen LogP contribution in [-0.2, 0) is 10.2 Å². The molecule has 1 spiro atoms. The third-order valence-electron chi connectivity index (χ3n) is 8.82. The van der Waals surface area contributed by atoms with Gasteiger partial charge in [0.05, 0.1) is 24.0 Å². The maximum atomic E-state index is 14.8. The van der Waals surface area contributed by atoms with Gasteiger partial charge in [0.25, 0.3) is 5.69 Å². The van der Waals surface area contributed by atoms with Crippen molar-refractivity contribution >= 4 is 34.9 Å². The van der Waals surface area contributed by atoms with Crippen LogP contribution in [0.5, 0.6) is 5.75 Å². The number of nitrogens with zero attached hydrogens (tertiary/aromatic N) is 2. The summed E-state index contributed by atoms with van der Waals surface area (Å²) in [5.41, 5.74) is 1.42. The van der Waals surface area contributed by atoms with Crippen LogP contribution in [0.15, 0.2) is 103 Å². The number of ketones is 2. The zero-order chi connectivity index (χ0) is 29.9. The SMILES string of the molecule is COc1cccc(C(=O)[C@@H]2[C@@H](C(=O)c3cccc([N+](=O)[O-])c3)[C@]3(C(=O)Nc4ccccc43)[C@H]3c4ccccc4C=CN23)c1. The topological polar surface area (TPSA) is 119 Å². The highest BCUT2D eigenvalue weighted by atomic mass is 16.6. The normalized spacial score (nSPS) is 22.9. The number of anilines is 1. The number of nitrogens with one attached hydrogen (secondary N) is 1. The lowest BCUT2D eigenvalue weighted by Crippen LogP contribution is -2.49. The van der Waals surface area contributed by atoms with Gasteiger partial charge in [-0.3, -0.25) is 24.5 Å². The Hall–Kier alpha value is -5.57. The first kappa shape index (κ1) is 26.3. The molecule has 0 unspecified atom stereocenters. The Morgan fingerprint density at radius 3 is 2.42 bits per heavy atom. The maximum Gasteiger partial charge on any atom is 0.270 e. The largest absolute Gasteiger partial charge is 0.497 e. The van der Waals surface area contributed by atoms with E-state index in [2.05, 4.69) is 5.32 Å². The van der Waals surface area contributed by atoms with E-state index in [1.54, 1.807) is 42.6 Å². The molecule has 212 valence electrons. The highest BCUT2D eigenvalue weighted by Gasteiger charge is 2.70. The molecule has 1 fully saturated rings. The van der Waals surface area contributed by atoms with E-state index in [0.717, 1.165) is 11.1 Å². The number of carbonyl (C=O) groups excluding carboxylic acids is 3. The van der Waals surface area contributed by atoms with Gasteiger partial charge in [-0.25, -0.2) is 0 Å². The van der Waals surface area contributed by atoms with Gasteiger partial charge in [-0.15, -0.1) is 0 Å². The summed E-state index contributed by atoms with van der Waals surface area (Å²) in [5.74, 6) is -2.07. The molecule has 0 aromatic heterocycles. The summed E-state index contributed by atoms with van der Waals surface area (Å²) < 4.78 is 5.38. The van der Waals surface area contributed by atoms with Gasteiger partial charge in [0.2, 0.25) is 5.91 Å². The quantitative estimate of drug-likeness (QED) is 0.182. The van der Waals surface area contributed by atoms with Gasteiger partial charge in [-0.2, -0.15) is 0 Å². The number of benzene rings is 4. The van der Waals surface area contributed by atoms with Crippen molar-refractivity contribution in [3.8, 4) is 5.75 Å². The number of fused-ring (bicyclic) bond motifs is 6. The second kappa shape index (κ2) is 9.77. The van der Waals surface area contributed by atoms with E-state index in [1.165, 1.54) is 31.4 Å². The zero-order valence-corrected chi connectivity index (χ0v) is 23.0. The van der Waals surface area contributed by atoms with Gasteiger partial charge in [-0.05, 0) is 41.0 Å². The average molecular weight is 572 g/mol. The number of nitro groups is 1. The molecule has 0 saturated carbocycles. The van der Waals surface area contributed by atoms with Crippen molar-refractivity contribution in [3.05, 3.63) is 141 Å². The van der Waals surface area contributed by atoms with Crippen LogP contribution in [0.25, 0.3) is 6.08 Å². The predicted octanol–water partition coefficient (Wildman–Crippen LogP) is 5.59. The van der Waals surface area contributed by atoms with Gasteiger partial charge in [0.15, 0.2) is 11.6 Å². The van der Waals surface area contributed by atoms with Crippen LogP contribution in [0.1, 0.15) is 43.4 Å². The Morgan fingerprint density at radius 2 is 1.63 bits per heavy atom. The fraction of sp³-hybridized carbons (Fsp3) is 0.147. The first-order valence-corrected chi connectivity index (χ1v) is 13.8. The summed E-state index contributed by atoms with van der Waals surface area (Å²) in [6, 6.07) is 25.1. The summed E-state index contributed by atoms with van der Waals surface area (Å²) in [5, 5.41) is 14.7. The fourth-order valence-electron chi connectivity index (χ4n) is 7.07. The van der Waals surface area contributed by atoms with E-state index < -0.39 is 40.0 Å². The number of methoxy groups -OCH3 is 1. The highest BCUT2D eigenvalue weighted by molar-refractivity contribution is 6.16. The third kappa shape index (κ3) is 3.74. The van der Waals surface area contributed by atoms with Crippen molar-refractivity contribution < 1.29 is 24.0 Å². The Kier molecular flexibility index (Phi) is 5.98. The van der Waals surface area contributed by atoms with Crippen molar-refractivity contribution in [2.75, 3.05) is 12.4 Å². The van der Waals surface area contributed by atoms with Crippen molar-refractivity contribution in [1.29, 1.82) is 0 Å². The lowest BCUT2D eigenvalue weighted by Gasteiger charge is -2.38. The molecule has 3 aliphatic rings. The Morgan fingerprint density at radius 1 is 0.907 bits per heavy atom. The number of carbonyl (C=O) groups is 3. The Balaban J connectivity index is 1.53. The molecule has 9 nitrogen and oxygen atoms in total. The number of nitro benzene ring substituents is 1. The van der Waals surface area contributed by atoms with Gasteiger partial charge in [0.1, 0.15) is 17.2 Å². The molecule has 9 heteroatoms. The molecule has 4 aromatic carbocycles. The number of Topliss-reactive ketones (excluding diaryl/α,β-unsaturated/α-hetero) is 2. The van der Waals surface area contributed by atoms with E-state index in [9.17, 15) is 24.5 Å². The van der Waals surface area contributed by atoms with Crippen LogP contribution in [0, 0.1) is 16.0 Å². The summed E-state index contributed by atoms with van der Waals surface area (Å²) in [7, 11) is 1.50. The minimum atomic E-state index is -1.53. The molecule has 1 amide bonds. The molecular formula is C34H25N3O6. The molecule has 1 N–H and O–H groups in total. The van der Waals surface area contributed by atoms with Gasteiger partial charge >= 0.3 is 0 Å². The number of ether oxygens (including phenoxy) is 1. The molecule has 3 aliphatic heterocycles. The van der Waals surface area contributed by atoms with Crippen LogP contribution in [0.3, 0.4) is 0 Å². The zero-order valence-electron chi connectivity index (χ0n) is 23.0. The van der Waals surface area contributed by atoms with E-state index in [1.807, 2.05) is 47.4 Å². The molecule has 7 rings (SSSR count). The fourth-order valence-corrected chi connectivity index (χ4v) is 7.07. The van der Waals surface area contributed by atoms with Crippen molar-refractivity contribution in [3.63, 3.8) is 0 Å². The maximum absolute atomic E-state index is 14.8. The smallest absolute Gasteiger partial charge is 0.270 e. The Labute approximate surface area is 246 Å². The average Bonchev–Trinajstić information content (AvgIpc) is 3.52. The summed E-state index contributed by atoms with van der Waals surface area (Å²) >= 11 is 0. The molecule has 43 heavy (non-hydrogen) atoms. The number of non-ortho nitro benzene ring substituents is 1. The first-order valence-electron chi connectivity index (χ1n) is 13.8. The van der Waals surface area contributed by atoms with Crippen molar-refractivity contribution in [2.45, 2.75) is 17.5 Å². The highest BCUT2D eigenvalue weighted by Crippen LogP contribution is 2.62. The Bertz CT molecular complexity index is 1880. The minimum absolute atomic E-state index is 0.0521. The molecule has 0 bridgehead atoms. The summed E-state index contributed by atoms with van der Waals surface area (Å²) in [6.45, 7) is 0. The molecule has 4 aromatic rings. The first-order chi connectivity index (χ1) is 20.9.